The highest BCUT2D eigenvalue weighted by atomic mass is 31.2. The normalized spacial score (nSPS) is 11.9. The SMILES string of the molecule is COc1ccc(N=Nc2cc(OC)c(OC)c(OC)c2)cc1OP(=O)(Oc1cc(N=Nc2cc(OC)c(OC)c(OC)c2)ccc1OC)Oc1cc(N=Nc2cc(OC)c(OC)c(OC)c2)ccc1OC. The predicted molar refractivity (Wildman–Crippen MR) is 259 cm³/mol. The van der Waals surface area contributed by atoms with Crippen molar-refractivity contribution in [3.8, 4) is 86.2 Å². The fourth-order valence-corrected chi connectivity index (χ4v) is 7.80. The molecule has 0 N–H and O–H groups in total. The first-order valence-electron chi connectivity index (χ1n) is 20.8. The minimum absolute atomic E-state index is 0.115. The molecule has 374 valence electrons. The number of azo groups is 3. The van der Waals surface area contributed by atoms with E-state index in [0.29, 0.717) is 68.8 Å². The van der Waals surface area contributed by atoms with Crippen LogP contribution in [0.15, 0.2) is 122 Å². The molecule has 0 radical (unpaired) electrons. The summed E-state index contributed by atoms with van der Waals surface area (Å²) in [5, 5.41) is 26.2. The van der Waals surface area contributed by atoms with Gasteiger partial charge in [-0.1, -0.05) is 0 Å². The molecule has 0 unspecified atom stereocenters. The molecule has 6 aromatic carbocycles. The summed E-state index contributed by atoms with van der Waals surface area (Å²) in [6, 6.07) is 23.3. The number of hydrogen-bond acceptors (Lipinski definition) is 22. The minimum Gasteiger partial charge on any atom is -0.493 e. The number of hydrogen-bond donors (Lipinski definition) is 0. The van der Waals surface area contributed by atoms with Gasteiger partial charge in [0, 0.05) is 54.6 Å². The van der Waals surface area contributed by atoms with E-state index in [-0.39, 0.29) is 51.6 Å². The Hall–Kier alpha value is -8.65. The molecule has 0 aliphatic heterocycles. The fraction of sp³-hybridized carbons (Fsp3) is 0.250. The van der Waals surface area contributed by atoms with Crippen molar-refractivity contribution in [2.24, 2.45) is 30.7 Å². The molecule has 0 aromatic heterocycles. The van der Waals surface area contributed by atoms with E-state index in [1.54, 1.807) is 54.6 Å². The number of nitrogens with zero attached hydrogens (tertiary/aromatic N) is 6. The van der Waals surface area contributed by atoms with Gasteiger partial charge in [-0.25, -0.2) is 0 Å². The van der Waals surface area contributed by atoms with Crippen LogP contribution in [-0.2, 0) is 4.57 Å². The van der Waals surface area contributed by atoms with Crippen LogP contribution in [0.3, 0.4) is 0 Å². The molecule has 0 fully saturated rings. The Labute approximate surface area is 409 Å². The molecule has 0 spiro atoms. The van der Waals surface area contributed by atoms with Gasteiger partial charge >= 0.3 is 7.82 Å². The molecule has 23 heteroatoms. The van der Waals surface area contributed by atoms with E-state index in [1.165, 1.54) is 122 Å². The van der Waals surface area contributed by atoms with Crippen molar-refractivity contribution >= 4 is 41.9 Å². The molecular weight excluding hydrogens is 948 g/mol. The smallest absolute Gasteiger partial charge is 0.493 e. The lowest BCUT2D eigenvalue weighted by Crippen LogP contribution is -2.09. The standard InChI is InChI=1S/C48H51N6O16P/c1-56-34-16-13-28(49-52-31-22-40(59-4)46(65-10)41(23-31)60-5)19-37(34)68-71(55,69-38-20-29(14-17-35(38)57-2)50-53-32-24-42(61-6)47(66-11)43(25-32)62-7)70-39-21-30(15-18-36(39)58-3)51-54-33-26-44(63-8)48(67-12)45(27-33)64-9/h13-27H,1-12H3. The lowest BCUT2D eigenvalue weighted by atomic mass is 10.2. The van der Waals surface area contributed by atoms with Crippen LogP contribution in [0.1, 0.15) is 0 Å². The third-order valence-electron chi connectivity index (χ3n) is 9.86. The van der Waals surface area contributed by atoms with Crippen LogP contribution in [0.2, 0.25) is 0 Å². The quantitative estimate of drug-likeness (QED) is 0.0405. The van der Waals surface area contributed by atoms with Gasteiger partial charge in [0.25, 0.3) is 0 Å². The van der Waals surface area contributed by atoms with Crippen molar-refractivity contribution in [1.82, 2.24) is 0 Å². The van der Waals surface area contributed by atoms with Crippen LogP contribution in [0.5, 0.6) is 86.2 Å². The van der Waals surface area contributed by atoms with E-state index in [0.717, 1.165) is 0 Å². The van der Waals surface area contributed by atoms with Crippen molar-refractivity contribution < 1.29 is 75.0 Å². The average Bonchev–Trinajstić information content (AvgIpc) is 3.40. The zero-order chi connectivity index (χ0) is 51.1. The number of phosphoric acid groups is 1. The van der Waals surface area contributed by atoms with E-state index in [4.69, 9.17) is 70.4 Å². The molecule has 0 aliphatic rings. The highest BCUT2D eigenvalue weighted by molar-refractivity contribution is 7.49. The van der Waals surface area contributed by atoms with Crippen LogP contribution in [-0.4, -0.2) is 85.3 Å². The Bertz CT molecular complexity index is 2580. The van der Waals surface area contributed by atoms with Crippen LogP contribution in [0.4, 0.5) is 34.1 Å². The first-order valence-corrected chi connectivity index (χ1v) is 22.3. The molecule has 0 saturated carbocycles. The van der Waals surface area contributed by atoms with Crippen molar-refractivity contribution in [3.05, 3.63) is 91.0 Å². The molecular formula is C48H51N6O16P. The topological polar surface area (TPSA) is 230 Å². The van der Waals surface area contributed by atoms with E-state index in [1.807, 2.05) is 0 Å². The molecule has 6 rings (SSSR count). The monoisotopic (exact) mass is 998 g/mol. The first-order chi connectivity index (χ1) is 34.4. The molecule has 0 heterocycles. The summed E-state index contributed by atoms with van der Waals surface area (Å²) < 4.78 is 100. The van der Waals surface area contributed by atoms with E-state index in [9.17, 15) is 0 Å². The Balaban J connectivity index is 1.43. The van der Waals surface area contributed by atoms with Crippen LogP contribution in [0.25, 0.3) is 0 Å². The summed E-state index contributed by atoms with van der Waals surface area (Å²) in [4.78, 5) is 0. The van der Waals surface area contributed by atoms with Gasteiger partial charge in [-0.3, -0.25) is 0 Å². The number of rotatable bonds is 24. The van der Waals surface area contributed by atoms with Gasteiger partial charge in [0.1, 0.15) is 0 Å². The molecule has 0 saturated heterocycles. The maximum atomic E-state index is 15.5. The molecule has 0 aliphatic carbocycles. The van der Waals surface area contributed by atoms with E-state index < -0.39 is 7.82 Å². The van der Waals surface area contributed by atoms with Gasteiger partial charge in [0.15, 0.2) is 69.0 Å². The zero-order valence-electron chi connectivity index (χ0n) is 40.8. The van der Waals surface area contributed by atoms with Crippen LogP contribution < -0.4 is 70.4 Å². The first kappa shape index (κ1) is 51.7. The second kappa shape index (κ2) is 24.1. The zero-order valence-corrected chi connectivity index (χ0v) is 41.7. The van der Waals surface area contributed by atoms with Gasteiger partial charge in [-0.15, -0.1) is 0 Å². The lowest BCUT2D eigenvalue weighted by molar-refractivity contribution is 0.278. The van der Waals surface area contributed by atoms with E-state index in [2.05, 4.69) is 30.7 Å². The number of benzene rings is 6. The Kier molecular flexibility index (Phi) is 17.5. The molecule has 0 bridgehead atoms. The summed E-state index contributed by atoms with van der Waals surface area (Å²) >= 11 is 0. The Morgan fingerprint density at radius 1 is 0.254 bits per heavy atom. The third-order valence-corrected chi connectivity index (χ3v) is 11.1. The van der Waals surface area contributed by atoms with Gasteiger partial charge < -0.3 is 70.4 Å². The molecule has 71 heavy (non-hydrogen) atoms. The second-order valence-electron chi connectivity index (χ2n) is 14.0. The van der Waals surface area contributed by atoms with Gasteiger partial charge in [-0.2, -0.15) is 35.3 Å². The summed E-state index contributed by atoms with van der Waals surface area (Å²) in [6.07, 6.45) is 0. The Morgan fingerprint density at radius 2 is 0.451 bits per heavy atom. The van der Waals surface area contributed by atoms with Crippen LogP contribution in [0, 0.1) is 0 Å². The largest absolute Gasteiger partial charge is 0.647 e. The van der Waals surface area contributed by atoms with Gasteiger partial charge in [0.2, 0.25) is 17.2 Å². The van der Waals surface area contributed by atoms with Gasteiger partial charge in [-0.05, 0) is 36.4 Å². The maximum Gasteiger partial charge on any atom is 0.647 e. The summed E-state index contributed by atoms with van der Waals surface area (Å²) in [5.74, 6) is 3.23. The number of methoxy groups -OCH3 is 12. The fourth-order valence-electron chi connectivity index (χ4n) is 6.54. The summed E-state index contributed by atoms with van der Waals surface area (Å²) in [6.45, 7) is 0. The summed E-state index contributed by atoms with van der Waals surface area (Å²) in [7, 11) is 12.5. The second-order valence-corrected chi connectivity index (χ2v) is 15.4. The van der Waals surface area contributed by atoms with Crippen LogP contribution >= 0.6 is 7.82 Å². The van der Waals surface area contributed by atoms with Crippen molar-refractivity contribution in [2.75, 3.05) is 85.3 Å². The van der Waals surface area contributed by atoms with Gasteiger partial charge in [0.05, 0.1) is 119 Å². The molecule has 0 amide bonds. The average molecular weight is 999 g/mol. The van der Waals surface area contributed by atoms with Crippen molar-refractivity contribution in [2.45, 2.75) is 0 Å². The highest BCUT2D eigenvalue weighted by Crippen LogP contribution is 2.56. The third kappa shape index (κ3) is 12.3. The van der Waals surface area contributed by atoms with Crippen molar-refractivity contribution in [3.63, 3.8) is 0 Å². The molecule has 0 atom stereocenters. The van der Waals surface area contributed by atoms with E-state index >= 15 is 4.57 Å². The predicted octanol–water partition coefficient (Wildman–Crippen LogP) is 12.7. The van der Waals surface area contributed by atoms with Crippen molar-refractivity contribution in [1.29, 1.82) is 0 Å². The summed E-state index contributed by atoms with van der Waals surface area (Å²) in [5.41, 5.74) is 1.79. The number of ether oxygens (including phenoxy) is 12. The minimum atomic E-state index is -4.99. The molecule has 22 nitrogen and oxygen atoms in total. The highest BCUT2D eigenvalue weighted by Gasteiger charge is 2.37. The number of phosphoric ester groups is 1. The Morgan fingerprint density at radius 3 is 0.648 bits per heavy atom. The maximum absolute atomic E-state index is 15.5. The lowest BCUT2D eigenvalue weighted by Gasteiger charge is -2.22. The molecule has 6 aromatic rings.